The molecule has 1 aliphatic heterocycles. The Morgan fingerprint density at radius 3 is 2.58 bits per heavy atom. The summed E-state index contributed by atoms with van der Waals surface area (Å²) >= 11 is 0. The Labute approximate surface area is 179 Å². The number of hydrogen-bond acceptors (Lipinski definition) is 4. The molecule has 0 amide bonds. The Morgan fingerprint density at radius 1 is 1.13 bits per heavy atom. The van der Waals surface area contributed by atoms with Gasteiger partial charge >= 0.3 is 0 Å². The molecule has 0 aliphatic carbocycles. The van der Waals surface area contributed by atoms with Gasteiger partial charge in [0.15, 0.2) is 0 Å². The smallest absolute Gasteiger partial charge is 0.266 e. The number of aromatic nitrogens is 1. The summed E-state index contributed by atoms with van der Waals surface area (Å²) in [6.45, 7) is 3.68. The van der Waals surface area contributed by atoms with Crippen molar-refractivity contribution in [1.29, 1.82) is 0 Å². The number of piperidine rings is 1. The molecule has 7 heteroatoms. The topological polar surface area (TPSA) is 46.2 Å². The van der Waals surface area contributed by atoms with E-state index in [1.54, 1.807) is 20.2 Å². The Hall–Kier alpha value is -2.80. The van der Waals surface area contributed by atoms with E-state index in [0.29, 0.717) is 5.92 Å². The molecule has 0 bridgehead atoms. The van der Waals surface area contributed by atoms with Gasteiger partial charge in [-0.05, 0) is 56.5 Å². The zero-order chi connectivity index (χ0) is 22.0. The fourth-order valence-corrected chi connectivity index (χ4v) is 4.33. The summed E-state index contributed by atoms with van der Waals surface area (Å²) in [6, 6.07) is 9.46. The van der Waals surface area contributed by atoms with E-state index in [9.17, 15) is 13.2 Å². The minimum Gasteiger partial charge on any atom is -0.496 e. The van der Waals surface area contributed by atoms with Crippen LogP contribution in [0.4, 0.5) is 18.9 Å². The van der Waals surface area contributed by atoms with Gasteiger partial charge in [0, 0.05) is 28.9 Å². The summed E-state index contributed by atoms with van der Waals surface area (Å²) in [4.78, 5) is 4.47. The van der Waals surface area contributed by atoms with Gasteiger partial charge in [-0.3, -0.25) is 4.98 Å². The van der Waals surface area contributed by atoms with Crippen molar-refractivity contribution in [3.63, 3.8) is 0 Å². The van der Waals surface area contributed by atoms with Crippen molar-refractivity contribution in [3.05, 3.63) is 65.1 Å². The maximum absolute atomic E-state index is 14.6. The van der Waals surface area contributed by atoms with Crippen molar-refractivity contribution in [1.82, 2.24) is 10.3 Å². The molecule has 164 valence electrons. The minimum atomic E-state index is -2.85. The fourth-order valence-electron chi connectivity index (χ4n) is 4.33. The number of rotatable bonds is 6. The molecule has 2 aromatic carbocycles. The molecule has 0 saturated carbocycles. The third-order valence-electron chi connectivity index (χ3n) is 6.00. The second kappa shape index (κ2) is 9.14. The average Bonchev–Trinajstić information content (AvgIpc) is 2.78. The molecular formula is C24H26F3N3O. The number of nitrogens with zero attached hydrogens (tertiary/aromatic N) is 1. The first kappa shape index (κ1) is 21.4. The van der Waals surface area contributed by atoms with Crippen LogP contribution in [0, 0.1) is 5.82 Å². The quantitative estimate of drug-likeness (QED) is 0.508. The largest absolute Gasteiger partial charge is 0.496 e. The summed E-state index contributed by atoms with van der Waals surface area (Å²) in [6.07, 6.45) is 0.862. The van der Waals surface area contributed by atoms with E-state index in [1.807, 2.05) is 12.1 Å². The number of anilines is 1. The molecule has 1 saturated heterocycles. The molecular weight excluding hydrogens is 403 g/mol. The molecule has 1 aromatic heterocycles. The Balaban J connectivity index is 1.72. The molecule has 1 fully saturated rings. The number of ether oxygens (including phenoxy) is 1. The zero-order valence-corrected chi connectivity index (χ0v) is 17.6. The highest BCUT2D eigenvalue weighted by Crippen LogP contribution is 2.38. The molecule has 0 radical (unpaired) electrons. The van der Waals surface area contributed by atoms with Crippen LogP contribution in [0.1, 0.15) is 54.8 Å². The minimum absolute atomic E-state index is 0.204. The van der Waals surface area contributed by atoms with E-state index in [-0.39, 0.29) is 5.56 Å². The lowest BCUT2D eigenvalue weighted by atomic mass is 9.88. The molecule has 1 aliphatic rings. The number of alkyl halides is 2. The lowest BCUT2D eigenvalue weighted by Gasteiger charge is -2.25. The van der Waals surface area contributed by atoms with Gasteiger partial charge in [0.05, 0.1) is 24.2 Å². The second-order valence-corrected chi connectivity index (χ2v) is 7.91. The summed E-state index contributed by atoms with van der Waals surface area (Å²) in [5.74, 6) is 0.326. The van der Waals surface area contributed by atoms with Gasteiger partial charge in [0.2, 0.25) is 0 Å². The van der Waals surface area contributed by atoms with Gasteiger partial charge < -0.3 is 15.4 Å². The lowest BCUT2D eigenvalue weighted by Crippen LogP contribution is -2.26. The fraction of sp³-hybridized carbons (Fsp3) is 0.375. The number of fused-ring (bicyclic) bond motifs is 1. The van der Waals surface area contributed by atoms with Gasteiger partial charge in [-0.15, -0.1) is 0 Å². The van der Waals surface area contributed by atoms with E-state index in [4.69, 9.17) is 4.74 Å². The van der Waals surface area contributed by atoms with Crippen LogP contribution in [0.2, 0.25) is 0 Å². The number of pyridine rings is 1. The summed E-state index contributed by atoms with van der Waals surface area (Å²) < 4.78 is 46.5. The van der Waals surface area contributed by atoms with Crippen molar-refractivity contribution >= 4 is 16.6 Å². The molecule has 4 rings (SSSR count). The van der Waals surface area contributed by atoms with Crippen molar-refractivity contribution in [2.45, 2.75) is 38.2 Å². The molecule has 2 heterocycles. The van der Waals surface area contributed by atoms with Crippen LogP contribution in [0.3, 0.4) is 0 Å². The number of benzene rings is 2. The predicted octanol–water partition coefficient (Wildman–Crippen LogP) is 5.96. The number of hydrogen-bond donors (Lipinski definition) is 2. The maximum atomic E-state index is 14.6. The molecule has 0 spiro atoms. The SMILES string of the molecule is COc1cc2nccc(N[C@H](C)c3cccc(C(F)F)c3F)c2cc1C1CCNCC1. The monoisotopic (exact) mass is 429 g/mol. The Morgan fingerprint density at radius 2 is 1.87 bits per heavy atom. The molecule has 3 aromatic rings. The van der Waals surface area contributed by atoms with E-state index >= 15 is 0 Å². The van der Waals surface area contributed by atoms with Crippen LogP contribution in [0.15, 0.2) is 42.6 Å². The van der Waals surface area contributed by atoms with Gasteiger partial charge in [-0.25, -0.2) is 13.2 Å². The molecule has 31 heavy (non-hydrogen) atoms. The third kappa shape index (κ3) is 4.32. The number of methoxy groups -OCH3 is 1. The van der Waals surface area contributed by atoms with Crippen molar-refractivity contribution in [2.24, 2.45) is 0 Å². The normalized spacial score (nSPS) is 15.9. The van der Waals surface area contributed by atoms with Crippen LogP contribution in [0.25, 0.3) is 10.9 Å². The van der Waals surface area contributed by atoms with Gasteiger partial charge in [0.25, 0.3) is 6.43 Å². The van der Waals surface area contributed by atoms with E-state index in [1.165, 1.54) is 12.1 Å². The first-order chi connectivity index (χ1) is 15.0. The Bertz CT molecular complexity index is 1070. The average molecular weight is 429 g/mol. The third-order valence-corrected chi connectivity index (χ3v) is 6.00. The van der Waals surface area contributed by atoms with Crippen molar-refractivity contribution in [2.75, 3.05) is 25.5 Å². The van der Waals surface area contributed by atoms with Crippen LogP contribution in [-0.4, -0.2) is 25.2 Å². The highest BCUT2D eigenvalue weighted by Gasteiger charge is 2.22. The summed E-state index contributed by atoms with van der Waals surface area (Å²) in [5.41, 5.74) is 2.29. The van der Waals surface area contributed by atoms with Crippen molar-refractivity contribution in [3.8, 4) is 5.75 Å². The highest BCUT2D eigenvalue weighted by atomic mass is 19.3. The Kier molecular flexibility index (Phi) is 6.32. The molecule has 4 nitrogen and oxygen atoms in total. The predicted molar refractivity (Wildman–Crippen MR) is 117 cm³/mol. The second-order valence-electron chi connectivity index (χ2n) is 7.91. The number of halogens is 3. The first-order valence-electron chi connectivity index (χ1n) is 10.5. The van der Waals surface area contributed by atoms with Gasteiger partial charge in [-0.2, -0.15) is 0 Å². The van der Waals surface area contributed by atoms with E-state index < -0.39 is 23.8 Å². The van der Waals surface area contributed by atoms with Crippen LogP contribution in [-0.2, 0) is 0 Å². The first-order valence-corrected chi connectivity index (χ1v) is 10.5. The summed E-state index contributed by atoms with van der Waals surface area (Å²) in [5, 5.41) is 7.57. The standard InChI is InChI=1S/C24H26F3N3O/c1-14(16-4-3-5-17(23(16)25)24(26)27)30-20-8-11-29-21-13-22(31-2)18(12-19(20)21)15-6-9-28-10-7-15/h3-5,8,11-15,24,28H,6-7,9-10H2,1-2H3,(H,29,30)/t14-/m1/s1. The summed E-state index contributed by atoms with van der Waals surface area (Å²) in [7, 11) is 1.66. The maximum Gasteiger partial charge on any atom is 0.266 e. The highest BCUT2D eigenvalue weighted by molar-refractivity contribution is 5.93. The van der Waals surface area contributed by atoms with Gasteiger partial charge in [0.1, 0.15) is 11.6 Å². The van der Waals surface area contributed by atoms with Crippen LogP contribution < -0.4 is 15.4 Å². The molecule has 0 unspecified atom stereocenters. The molecule has 1 atom stereocenters. The molecule has 2 N–H and O–H groups in total. The van der Waals surface area contributed by atoms with Crippen LogP contribution in [0.5, 0.6) is 5.75 Å². The van der Waals surface area contributed by atoms with E-state index in [2.05, 4.69) is 21.7 Å². The van der Waals surface area contributed by atoms with Crippen molar-refractivity contribution < 1.29 is 17.9 Å². The number of nitrogens with one attached hydrogen (secondary N) is 2. The lowest BCUT2D eigenvalue weighted by molar-refractivity contribution is 0.146. The van der Waals surface area contributed by atoms with Gasteiger partial charge in [-0.1, -0.05) is 18.2 Å². The zero-order valence-electron chi connectivity index (χ0n) is 17.6. The van der Waals surface area contributed by atoms with Crippen LogP contribution >= 0.6 is 0 Å². The van der Waals surface area contributed by atoms with E-state index in [0.717, 1.165) is 59.9 Å².